The van der Waals surface area contributed by atoms with Crippen molar-refractivity contribution in [3.63, 3.8) is 0 Å². The van der Waals surface area contributed by atoms with Crippen LogP contribution in [0.2, 0.25) is 0 Å². The third-order valence-electron chi connectivity index (χ3n) is 4.25. The molecule has 6 heteroatoms. The molecular formula is C20H24N6. The monoisotopic (exact) mass is 348 g/mol. The fourth-order valence-corrected chi connectivity index (χ4v) is 3.04. The molecule has 2 aromatic heterocycles. The Hall–Kier alpha value is -3.02. The van der Waals surface area contributed by atoms with Crippen LogP contribution in [0.3, 0.4) is 0 Å². The van der Waals surface area contributed by atoms with Gasteiger partial charge in [-0.2, -0.15) is 0 Å². The Balaban J connectivity index is 1.89. The number of nitrogens with one attached hydrogen (secondary N) is 2. The Morgan fingerprint density at radius 3 is 2.88 bits per heavy atom. The van der Waals surface area contributed by atoms with Crippen molar-refractivity contribution in [3.8, 4) is 0 Å². The first-order chi connectivity index (χ1) is 12.7. The van der Waals surface area contributed by atoms with Gasteiger partial charge in [0, 0.05) is 31.1 Å². The molecule has 0 aromatic carbocycles. The number of aromatic amines is 1. The van der Waals surface area contributed by atoms with E-state index < -0.39 is 0 Å². The standard InChI is InChI=1S/C20H24N6/c1-3-4-5-6-8-15(2)13-16(21)19-18-17(24-14-25-18)9-12-26(19)20-22-10-7-11-23-20/h4-8,10-11,13-14,19,21H,3,9,12H2,1-2H3,(H,24,25)/b5-4-,8-6-,15-13+,21-16?. The van der Waals surface area contributed by atoms with E-state index in [4.69, 9.17) is 5.41 Å². The molecule has 1 atom stereocenters. The molecule has 26 heavy (non-hydrogen) atoms. The average Bonchev–Trinajstić information content (AvgIpc) is 3.13. The van der Waals surface area contributed by atoms with Crippen LogP contribution >= 0.6 is 0 Å². The van der Waals surface area contributed by atoms with Gasteiger partial charge in [0.2, 0.25) is 5.95 Å². The van der Waals surface area contributed by atoms with Crippen LogP contribution < -0.4 is 4.90 Å². The number of H-pyrrole nitrogens is 1. The number of allylic oxidation sites excluding steroid dienone is 5. The number of aromatic nitrogens is 4. The first-order valence-corrected chi connectivity index (χ1v) is 8.86. The van der Waals surface area contributed by atoms with E-state index in [1.807, 2.05) is 31.2 Å². The number of hydrogen-bond donors (Lipinski definition) is 2. The van der Waals surface area contributed by atoms with Crippen LogP contribution in [0.1, 0.15) is 37.7 Å². The van der Waals surface area contributed by atoms with E-state index in [-0.39, 0.29) is 6.04 Å². The van der Waals surface area contributed by atoms with Crippen LogP contribution in [0.15, 0.2) is 60.7 Å². The Bertz CT molecular complexity index is 831. The molecule has 6 nitrogen and oxygen atoms in total. The van der Waals surface area contributed by atoms with Gasteiger partial charge in [0.05, 0.1) is 17.7 Å². The Kier molecular flexibility index (Phi) is 5.73. The van der Waals surface area contributed by atoms with Crippen LogP contribution in [0.5, 0.6) is 0 Å². The number of imidazole rings is 1. The second-order valence-electron chi connectivity index (χ2n) is 6.20. The summed E-state index contributed by atoms with van der Waals surface area (Å²) in [6, 6.07) is 1.51. The van der Waals surface area contributed by atoms with Crippen LogP contribution in [-0.2, 0) is 6.42 Å². The zero-order chi connectivity index (χ0) is 18.4. The molecule has 1 unspecified atom stereocenters. The second-order valence-corrected chi connectivity index (χ2v) is 6.20. The van der Waals surface area contributed by atoms with Crippen molar-refractivity contribution in [1.29, 1.82) is 5.41 Å². The highest BCUT2D eigenvalue weighted by molar-refractivity contribution is 6.00. The topological polar surface area (TPSA) is 81.5 Å². The molecule has 0 fully saturated rings. The molecule has 1 aliphatic rings. The lowest BCUT2D eigenvalue weighted by atomic mass is 9.97. The SMILES string of the molecule is CC\C=C/C=C\C(C)=C\C(=N)C1c2nc[nH]c2CCN1c1ncccn1. The highest BCUT2D eigenvalue weighted by Crippen LogP contribution is 2.31. The molecule has 0 saturated carbocycles. The van der Waals surface area contributed by atoms with Gasteiger partial charge in [-0.3, -0.25) is 0 Å². The van der Waals surface area contributed by atoms with Gasteiger partial charge in [-0.25, -0.2) is 15.0 Å². The summed E-state index contributed by atoms with van der Waals surface area (Å²) in [5.74, 6) is 0.628. The smallest absolute Gasteiger partial charge is 0.226 e. The number of nitrogens with zero attached hydrogens (tertiary/aromatic N) is 4. The summed E-state index contributed by atoms with van der Waals surface area (Å²) >= 11 is 0. The Morgan fingerprint density at radius 2 is 2.12 bits per heavy atom. The predicted molar refractivity (Wildman–Crippen MR) is 104 cm³/mol. The minimum absolute atomic E-state index is 0.290. The van der Waals surface area contributed by atoms with E-state index >= 15 is 0 Å². The van der Waals surface area contributed by atoms with Crippen molar-refractivity contribution in [2.75, 3.05) is 11.4 Å². The molecule has 0 radical (unpaired) electrons. The quantitative estimate of drug-likeness (QED) is 0.615. The van der Waals surface area contributed by atoms with Crippen molar-refractivity contribution >= 4 is 11.7 Å². The minimum Gasteiger partial charge on any atom is -0.348 e. The maximum absolute atomic E-state index is 8.70. The number of rotatable bonds is 6. The largest absolute Gasteiger partial charge is 0.348 e. The molecule has 3 heterocycles. The third-order valence-corrected chi connectivity index (χ3v) is 4.25. The molecule has 2 aromatic rings. The number of anilines is 1. The lowest BCUT2D eigenvalue weighted by Crippen LogP contribution is -2.40. The van der Waals surface area contributed by atoms with Gasteiger partial charge in [-0.05, 0) is 31.1 Å². The minimum atomic E-state index is -0.290. The van der Waals surface area contributed by atoms with Gasteiger partial charge in [0.1, 0.15) is 6.04 Å². The highest BCUT2D eigenvalue weighted by Gasteiger charge is 2.33. The molecule has 0 spiro atoms. The normalized spacial score (nSPS) is 17.8. The average molecular weight is 348 g/mol. The number of fused-ring (bicyclic) bond motifs is 1. The first kappa shape index (κ1) is 17.8. The number of hydrogen-bond acceptors (Lipinski definition) is 5. The van der Waals surface area contributed by atoms with Gasteiger partial charge in [-0.15, -0.1) is 0 Å². The van der Waals surface area contributed by atoms with E-state index in [1.54, 1.807) is 24.8 Å². The predicted octanol–water partition coefficient (Wildman–Crippen LogP) is 3.79. The molecule has 134 valence electrons. The van der Waals surface area contributed by atoms with Crippen LogP contribution in [0.4, 0.5) is 5.95 Å². The molecular weight excluding hydrogens is 324 g/mol. The van der Waals surface area contributed by atoms with Gasteiger partial charge < -0.3 is 15.3 Å². The first-order valence-electron chi connectivity index (χ1n) is 8.86. The second kappa shape index (κ2) is 8.38. The fourth-order valence-electron chi connectivity index (χ4n) is 3.04. The molecule has 0 aliphatic carbocycles. The molecule has 0 bridgehead atoms. The lowest BCUT2D eigenvalue weighted by molar-refractivity contribution is 0.652. The summed E-state index contributed by atoms with van der Waals surface area (Å²) < 4.78 is 0. The van der Waals surface area contributed by atoms with Crippen molar-refractivity contribution in [3.05, 3.63) is 72.1 Å². The summed E-state index contributed by atoms with van der Waals surface area (Å²) in [5.41, 5.74) is 3.46. The van der Waals surface area contributed by atoms with Crippen molar-refractivity contribution in [2.24, 2.45) is 0 Å². The van der Waals surface area contributed by atoms with Gasteiger partial charge >= 0.3 is 0 Å². The maximum atomic E-state index is 8.70. The molecule has 1 aliphatic heterocycles. The highest BCUT2D eigenvalue weighted by atomic mass is 15.3. The maximum Gasteiger partial charge on any atom is 0.226 e. The van der Waals surface area contributed by atoms with Crippen molar-refractivity contribution < 1.29 is 0 Å². The summed E-state index contributed by atoms with van der Waals surface area (Å²) in [5, 5.41) is 8.70. The Labute approximate surface area is 153 Å². The Morgan fingerprint density at radius 1 is 1.31 bits per heavy atom. The van der Waals surface area contributed by atoms with Gasteiger partial charge in [0.25, 0.3) is 0 Å². The summed E-state index contributed by atoms with van der Waals surface area (Å²) in [7, 11) is 0. The zero-order valence-corrected chi connectivity index (χ0v) is 15.2. The van der Waals surface area contributed by atoms with Crippen molar-refractivity contribution in [1.82, 2.24) is 19.9 Å². The summed E-state index contributed by atoms with van der Waals surface area (Å²) in [6.45, 7) is 4.85. The van der Waals surface area contributed by atoms with Crippen LogP contribution in [-0.4, -0.2) is 32.2 Å². The van der Waals surface area contributed by atoms with Gasteiger partial charge in [0.15, 0.2) is 0 Å². The molecule has 0 saturated heterocycles. The zero-order valence-electron chi connectivity index (χ0n) is 15.2. The van der Waals surface area contributed by atoms with Gasteiger partial charge in [-0.1, -0.05) is 31.2 Å². The lowest BCUT2D eigenvalue weighted by Gasteiger charge is -2.34. The van der Waals surface area contributed by atoms with E-state index in [2.05, 4.69) is 37.8 Å². The van der Waals surface area contributed by atoms with E-state index in [9.17, 15) is 0 Å². The van der Waals surface area contributed by atoms with Crippen LogP contribution in [0.25, 0.3) is 0 Å². The summed E-state index contributed by atoms with van der Waals surface area (Å²) in [6.07, 6.45) is 17.0. The van der Waals surface area contributed by atoms with E-state index in [1.165, 1.54) is 0 Å². The summed E-state index contributed by atoms with van der Waals surface area (Å²) in [4.78, 5) is 18.5. The van der Waals surface area contributed by atoms with E-state index in [0.29, 0.717) is 11.7 Å². The van der Waals surface area contributed by atoms with Crippen LogP contribution in [0, 0.1) is 5.41 Å². The molecule has 3 rings (SSSR count). The van der Waals surface area contributed by atoms with E-state index in [0.717, 1.165) is 36.3 Å². The third kappa shape index (κ3) is 3.96. The molecule has 2 N–H and O–H groups in total. The van der Waals surface area contributed by atoms with Crippen molar-refractivity contribution in [2.45, 2.75) is 32.7 Å². The fraction of sp³-hybridized carbons (Fsp3) is 0.300. The molecule has 0 amide bonds.